The minimum Gasteiger partial charge on any atom is -0.228 e. The highest BCUT2D eigenvalue weighted by molar-refractivity contribution is 6.19. The minimum atomic E-state index is 0.715. The van der Waals surface area contributed by atoms with Crippen molar-refractivity contribution in [3.8, 4) is 56.2 Å². The Labute approximate surface area is 279 Å². The van der Waals surface area contributed by atoms with E-state index in [1.807, 2.05) is 6.07 Å². The van der Waals surface area contributed by atoms with Gasteiger partial charge in [-0.3, -0.25) is 0 Å². The molecule has 9 rings (SSSR count). The molecule has 8 aromatic carbocycles. The zero-order valence-electron chi connectivity index (χ0n) is 26.2. The quantitative estimate of drug-likeness (QED) is 0.143. The van der Waals surface area contributed by atoms with Gasteiger partial charge in [-0.2, -0.15) is 0 Å². The smallest absolute Gasteiger partial charge is 0.161 e. The van der Waals surface area contributed by atoms with Gasteiger partial charge in [0, 0.05) is 16.7 Å². The number of rotatable bonds is 5. The van der Waals surface area contributed by atoms with Crippen molar-refractivity contribution in [2.45, 2.75) is 0 Å². The summed E-state index contributed by atoms with van der Waals surface area (Å²) >= 11 is 0. The molecule has 0 unspecified atom stereocenters. The maximum Gasteiger partial charge on any atom is 0.161 e. The lowest BCUT2D eigenvalue weighted by molar-refractivity contribution is 1.19. The van der Waals surface area contributed by atoms with Crippen molar-refractivity contribution in [3.63, 3.8) is 0 Å². The predicted octanol–water partition coefficient (Wildman–Crippen LogP) is 12.3. The fourth-order valence-corrected chi connectivity index (χ4v) is 6.95. The largest absolute Gasteiger partial charge is 0.228 e. The summed E-state index contributed by atoms with van der Waals surface area (Å²) in [6, 6.07) is 64.5. The summed E-state index contributed by atoms with van der Waals surface area (Å²) in [4.78, 5) is 10.8. The molecule has 0 aliphatic heterocycles. The molecule has 1 heterocycles. The summed E-state index contributed by atoms with van der Waals surface area (Å²) < 4.78 is 0. The molecule has 224 valence electrons. The molecule has 0 saturated heterocycles. The van der Waals surface area contributed by atoms with E-state index in [1.54, 1.807) is 0 Å². The van der Waals surface area contributed by atoms with Gasteiger partial charge in [0.05, 0.1) is 11.4 Å². The summed E-state index contributed by atoms with van der Waals surface area (Å²) in [5, 5.41) is 7.10. The van der Waals surface area contributed by atoms with Crippen LogP contribution in [-0.2, 0) is 0 Å². The second-order valence-corrected chi connectivity index (χ2v) is 12.2. The lowest BCUT2D eigenvalue weighted by Crippen LogP contribution is -1.99. The van der Waals surface area contributed by atoms with Gasteiger partial charge in [0.25, 0.3) is 0 Å². The number of nitrogens with zero attached hydrogens (tertiary/aromatic N) is 2. The van der Waals surface area contributed by atoms with Crippen LogP contribution in [0.25, 0.3) is 88.5 Å². The number of aromatic nitrogens is 2. The van der Waals surface area contributed by atoms with E-state index < -0.39 is 0 Å². The van der Waals surface area contributed by atoms with Gasteiger partial charge in [-0.25, -0.2) is 9.97 Å². The average Bonchev–Trinajstić information content (AvgIpc) is 3.17. The first-order valence-electron chi connectivity index (χ1n) is 16.3. The Morgan fingerprint density at radius 2 is 0.896 bits per heavy atom. The lowest BCUT2D eigenvalue weighted by atomic mass is 9.91. The average molecular weight is 611 g/mol. The Morgan fingerprint density at radius 3 is 1.65 bits per heavy atom. The normalized spacial score (nSPS) is 11.3. The molecule has 0 spiro atoms. The molecule has 9 aromatic rings. The second-order valence-electron chi connectivity index (χ2n) is 12.2. The van der Waals surface area contributed by atoms with Crippen LogP contribution < -0.4 is 0 Å². The summed E-state index contributed by atoms with van der Waals surface area (Å²) in [5.41, 5.74) is 9.54. The highest BCUT2D eigenvalue weighted by atomic mass is 14.9. The lowest BCUT2D eigenvalue weighted by Gasteiger charge is -2.17. The van der Waals surface area contributed by atoms with Gasteiger partial charge in [0.1, 0.15) is 0 Å². The topological polar surface area (TPSA) is 25.8 Å². The van der Waals surface area contributed by atoms with Crippen LogP contribution in [0.5, 0.6) is 0 Å². The first-order chi connectivity index (χ1) is 23.8. The first-order valence-corrected chi connectivity index (χ1v) is 16.3. The number of benzene rings is 8. The van der Waals surface area contributed by atoms with E-state index in [-0.39, 0.29) is 0 Å². The fourth-order valence-electron chi connectivity index (χ4n) is 6.95. The van der Waals surface area contributed by atoms with Crippen molar-refractivity contribution in [3.05, 3.63) is 182 Å². The zero-order valence-corrected chi connectivity index (χ0v) is 26.2. The van der Waals surface area contributed by atoms with Crippen molar-refractivity contribution in [2.24, 2.45) is 0 Å². The molecule has 0 atom stereocenters. The van der Waals surface area contributed by atoms with E-state index in [1.165, 1.54) is 27.1 Å². The number of fused-ring (bicyclic) bond motifs is 4. The van der Waals surface area contributed by atoms with Crippen molar-refractivity contribution in [1.29, 1.82) is 0 Å². The van der Waals surface area contributed by atoms with Crippen LogP contribution in [0.2, 0.25) is 0 Å². The minimum absolute atomic E-state index is 0.715. The van der Waals surface area contributed by atoms with Gasteiger partial charge in [-0.15, -0.1) is 0 Å². The van der Waals surface area contributed by atoms with Gasteiger partial charge >= 0.3 is 0 Å². The van der Waals surface area contributed by atoms with Gasteiger partial charge in [-0.1, -0.05) is 164 Å². The Balaban J connectivity index is 1.38. The highest BCUT2D eigenvalue weighted by Crippen LogP contribution is 2.41. The molecule has 0 saturated carbocycles. The summed E-state index contributed by atoms with van der Waals surface area (Å²) in [6.45, 7) is 0. The molecule has 0 amide bonds. The maximum atomic E-state index is 5.49. The van der Waals surface area contributed by atoms with Gasteiger partial charge in [0.2, 0.25) is 0 Å². The molecule has 1 aromatic heterocycles. The Kier molecular flexibility index (Phi) is 6.84. The van der Waals surface area contributed by atoms with Crippen molar-refractivity contribution >= 4 is 32.3 Å². The van der Waals surface area contributed by atoms with Gasteiger partial charge in [-0.05, 0) is 72.8 Å². The first kappa shape index (κ1) is 27.9. The monoisotopic (exact) mass is 610 g/mol. The molecular formula is C46H30N2. The molecular weight excluding hydrogens is 581 g/mol. The predicted molar refractivity (Wildman–Crippen MR) is 202 cm³/mol. The molecule has 2 nitrogen and oxygen atoms in total. The van der Waals surface area contributed by atoms with E-state index in [0.717, 1.165) is 55.5 Å². The van der Waals surface area contributed by atoms with Crippen LogP contribution in [0.3, 0.4) is 0 Å². The molecule has 0 N–H and O–H groups in total. The van der Waals surface area contributed by atoms with Crippen LogP contribution in [0.4, 0.5) is 0 Å². The highest BCUT2D eigenvalue weighted by Gasteiger charge is 2.19. The third-order valence-electron chi connectivity index (χ3n) is 9.28. The molecule has 0 aliphatic carbocycles. The summed E-state index contributed by atoms with van der Waals surface area (Å²) in [5.74, 6) is 0.715. The zero-order chi connectivity index (χ0) is 31.9. The van der Waals surface area contributed by atoms with E-state index in [2.05, 4.69) is 176 Å². The third kappa shape index (κ3) is 4.92. The SMILES string of the molecule is c1ccc(-c2ccc(-c3ccccc3)c(-c3cc(-c4ccccc4)nc(-c4c5ccccc5cc5c4ccc4ccccc45)n3)c2)cc1. The van der Waals surface area contributed by atoms with Crippen LogP contribution >= 0.6 is 0 Å². The second kappa shape index (κ2) is 11.8. The standard InChI is InChI=1S/C46H30N2/c1-4-14-31(15-5-1)35-25-26-38(32-16-6-2-7-17-32)42(28-35)44-30-43(34-19-8-3-9-20-34)47-46(48-44)45-39-23-13-11-21-36(39)29-41-37-22-12-10-18-33(37)24-27-40(41)45/h1-30H. The Hall–Kier alpha value is -6.38. The summed E-state index contributed by atoms with van der Waals surface area (Å²) in [6.07, 6.45) is 0. The van der Waals surface area contributed by atoms with Crippen LogP contribution in [0.15, 0.2) is 182 Å². The Bertz CT molecular complexity index is 2590. The third-order valence-corrected chi connectivity index (χ3v) is 9.28. The van der Waals surface area contributed by atoms with Gasteiger partial charge < -0.3 is 0 Å². The molecule has 0 radical (unpaired) electrons. The molecule has 2 heteroatoms. The van der Waals surface area contributed by atoms with Crippen molar-refractivity contribution in [2.75, 3.05) is 0 Å². The molecule has 0 bridgehead atoms. The van der Waals surface area contributed by atoms with Crippen molar-refractivity contribution in [1.82, 2.24) is 9.97 Å². The van der Waals surface area contributed by atoms with E-state index >= 15 is 0 Å². The molecule has 48 heavy (non-hydrogen) atoms. The van der Waals surface area contributed by atoms with Gasteiger partial charge in [0.15, 0.2) is 5.82 Å². The van der Waals surface area contributed by atoms with Crippen LogP contribution in [0, 0.1) is 0 Å². The van der Waals surface area contributed by atoms with E-state index in [9.17, 15) is 0 Å². The van der Waals surface area contributed by atoms with E-state index in [4.69, 9.17) is 9.97 Å². The number of hydrogen-bond acceptors (Lipinski definition) is 2. The van der Waals surface area contributed by atoms with Crippen LogP contribution in [-0.4, -0.2) is 9.97 Å². The van der Waals surface area contributed by atoms with Crippen LogP contribution in [0.1, 0.15) is 0 Å². The summed E-state index contributed by atoms with van der Waals surface area (Å²) in [7, 11) is 0. The van der Waals surface area contributed by atoms with Crippen molar-refractivity contribution < 1.29 is 0 Å². The van der Waals surface area contributed by atoms with E-state index in [0.29, 0.717) is 5.82 Å². The maximum absolute atomic E-state index is 5.49. The number of hydrogen-bond donors (Lipinski definition) is 0. The Morgan fingerprint density at radius 1 is 0.292 bits per heavy atom. The molecule has 0 aliphatic rings. The fraction of sp³-hybridized carbons (Fsp3) is 0. The molecule has 0 fully saturated rings.